The maximum absolute atomic E-state index is 12.6. The molecule has 20 heavy (non-hydrogen) atoms. The number of rotatable bonds is 2. The van der Waals surface area contributed by atoms with Gasteiger partial charge in [0.05, 0.1) is 19.3 Å². The summed E-state index contributed by atoms with van der Waals surface area (Å²) in [6.07, 6.45) is 2.36. The van der Waals surface area contributed by atoms with Crippen molar-refractivity contribution in [1.29, 1.82) is 0 Å². The van der Waals surface area contributed by atoms with E-state index in [2.05, 4.69) is 30.0 Å². The summed E-state index contributed by atoms with van der Waals surface area (Å²) in [7, 11) is 0. The van der Waals surface area contributed by atoms with Crippen LogP contribution in [-0.2, 0) is 16.0 Å². The number of carbonyl (C=O) groups excluding carboxylic acids is 1. The normalized spacial score (nSPS) is 23.4. The quantitative estimate of drug-likeness (QED) is 0.822. The van der Waals surface area contributed by atoms with Crippen LogP contribution in [0.3, 0.4) is 0 Å². The van der Waals surface area contributed by atoms with Gasteiger partial charge in [0, 0.05) is 25.3 Å². The van der Waals surface area contributed by atoms with E-state index in [0.29, 0.717) is 6.54 Å². The second-order valence-electron chi connectivity index (χ2n) is 5.69. The van der Waals surface area contributed by atoms with E-state index >= 15 is 0 Å². The lowest BCUT2D eigenvalue weighted by atomic mass is 10.0. The highest BCUT2D eigenvalue weighted by Crippen LogP contribution is 2.26. The number of ether oxygens (including phenoxy) is 1. The summed E-state index contributed by atoms with van der Waals surface area (Å²) < 4.78 is 5.52. The van der Waals surface area contributed by atoms with Crippen molar-refractivity contribution in [3.63, 3.8) is 0 Å². The molecule has 2 aliphatic heterocycles. The van der Waals surface area contributed by atoms with E-state index in [1.165, 1.54) is 5.56 Å². The van der Waals surface area contributed by atoms with Gasteiger partial charge in [0.1, 0.15) is 0 Å². The van der Waals surface area contributed by atoms with Gasteiger partial charge in [-0.1, -0.05) is 18.2 Å². The predicted octanol–water partition coefficient (Wildman–Crippen LogP) is 1.69. The molecule has 0 aliphatic carbocycles. The minimum absolute atomic E-state index is 0.214. The maximum atomic E-state index is 12.6. The molecular weight excluding hydrogens is 252 g/mol. The number of para-hydroxylation sites is 1. The van der Waals surface area contributed by atoms with Crippen LogP contribution < -0.4 is 4.90 Å². The molecule has 1 unspecified atom stereocenters. The smallest absolute Gasteiger partial charge is 0.241 e. The predicted molar refractivity (Wildman–Crippen MR) is 79.0 cm³/mol. The van der Waals surface area contributed by atoms with E-state index in [4.69, 9.17) is 4.74 Å². The van der Waals surface area contributed by atoms with Crippen LogP contribution in [0.15, 0.2) is 24.3 Å². The van der Waals surface area contributed by atoms with Gasteiger partial charge in [0.15, 0.2) is 0 Å². The van der Waals surface area contributed by atoms with Crippen molar-refractivity contribution >= 4 is 11.6 Å². The van der Waals surface area contributed by atoms with E-state index in [-0.39, 0.29) is 12.0 Å². The number of amides is 1. The van der Waals surface area contributed by atoms with Gasteiger partial charge in [-0.25, -0.2) is 0 Å². The van der Waals surface area contributed by atoms with Crippen LogP contribution in [-0.4, -0.2) is 49.7 Å². The van der Waals surface area contributed by atoms with Crippen molar-refractivity contribution in [3.8, 4) is 0 Å². The van der Waals surface area contributed by atoms with E-state index in [1.54, 1.807) is 0 Å². The molecule has 0 saturated carbocycles. The Morgan fingerprint density at radius 3 is 3.05 bits per heavy atom. The van der Waals surface area contributed by atoms with Gasteiger partial charge >= 0.3 is 0 Å². The van der Waals surface area contributed by atoms with Gasteiger partial charge < -0.3 is 9.64 Å². The summed E-state index contributed by atoms with van der Waals surface area (Å²) in [4.78, 5) is 16.7. The lowest BCUT2D eigenvalue weighted by Gasteiger charge is -2.34. The summed E-state index contributed by atoms with van der Waals surface area (Å²) in [6.45, 7) is 5.84. The van der Waals surface area contributed by atoms with Gasteiger partial charge in [-0.3, -0.25) is 9.69 Å². The zero-order valence-electron chi connectivity index (χ0n) is 12.0. The second kappa shape index (κ2) is 5.94. The first kappa shape index (κ1) is 13.6. The summed E-state index contributed by atoms with van der Waals surface area (Å²) >= 11 is 0. The van der Waals surface area contributed by atoms with Crippen LogP contribution in [0.5, 0.6) is 0 Å². The maximum Gasteiger partial charge on any atom is 0.241 e. The van der Waals surface area contributed by atoms with Crippen molar-refractivity contribution in [2.75, 3.05) is 37.7 Å². The zero-order valence-corrected chi connectivity index (χ0v) is 12.0. The number of anilines is 1. The minimum Gasteiger partial charge on any atom is -0.376 e. The Kier molecular flexibility index (Phi) is 4.03. The Morgan fingerprint density at radius 1 is 1.35 bits per heavy atom. The molecule has 0 N–H and O–H groups in total. The summed E-state index contributed by atoms with van der Waals surface area (Å²) in [5.41, 5.74) is 2.40. The minimum atomic E-state index is 0.214. The largest absolute Gasteiger partial charge is 0.376 e. The number of aryl methyl sites for hydroxylation is 1. The third kappa shape index (κ3) is 2.86. The highest BCUT2D eigenvalue weighted by molar-refractivity contribution is 5.95. The van der Waals surface area contributed by atoms with Crippen LogP contribution in [0.4, 0.5) is 5.69 Å². The van der Waals surface area contributed by atoms with E-state index in [1.807, 2.05) is 11.0 Å². The number of morpholine rings is 1. The van der Waals surface area contributed by atoms with E-state index < -0.39 is 0 Å². The van der Waals surface area contributed by atoms with Gasteiger partial charge in [-0.2, -0.15) is 0 Å². The molecular formula is C16H22N2O2. The third-order valence-electron chi connectivity index (χ3n) is 4.10. The van der Waals surface area contributed by atoms with E-state index in [9.17, 15) is 4.79 Å². The van der Waals surface area contributed by atoms with Crippen LogP contribution in [0.1, 0.15) is 18.9 Å². The Hall–Kier alpha value is -1.39. The van der Waals surface area contributed by atoms with Crippen molar-refractivity contribution in [3.05, 3.63) is 29.8 Å². The molecule has 1 saturated heterocycles. The first-order chi connectivity index (χ1) is 9.74. The molecule has 0 radical (unpaired) electrons. The van der Waals surface area contributed by atoms with E-state index in [0.717, 1.165) is 44.8 Å². The van der Waals surface area contributed by atoms with Crippen molar-refractivity contribution < 1.29 is 9.53 Å². The van der Waals surface area contributed by atoms with Crippen LogP contribution in [0.2, 0.25) is 0 Å². The zero-order chi connectivity index (χ0) is 13.9. The highest BCUT2D eigenvalue weighted by atomic mass is 16.5. The number of fused-ring (bicyclic) bond motifs is 1. The standard InChI is InChI=1S/C16H22N2O2/c1-13-11-17(9-10-20-13)12-16(19)18-8-4-6-14-5-2-3-7-15(14)18/h2-3,5,7,13H,4,6,8-12H2,1H3. The fraction of sp³-hybridized carbons (Fsp3) is 0.562. The fourth-order valence-electron chi connectivity index (χ4n) is 3.10. The van der Waals surface area contributed by atoms with Crippen molar-refractivity contribution in [1.82, 2.24) is 4.90 Å². The van der Waals surface area contributed by atoms with Crippen LogP contribution in [0, 0.1) is 0 Å². The Balaban J connectivity index is 1.69. The fourth-order valence-corrected chi connectivity index (χ4v) is 3.10. The summed E-state index contributed by atoms with van der Waals surface area (Å²) in [6, 6.07) is 8.26. The number of hydrogen-bond donors (Lipinski definition) is 0. The highest BCUT2D eigenvalue weighted by Gasteiger charge is 2.25. The first-order valence-corrected chi connectivity index (χ1v) is 7.46. The van der Waals surface area contributed by atoms with Crippen molar-refractivity contribution in [2.24, 2.45) is 0 Å². The SMILES string of the molecule is CC1CN(CC(=O)N2CCCc3ccccc32)CCO1. The molecule has 108 valence electrons. The van der Waals surface area contributed by atoms with Gasteiger partial charge in [-0.05, 0) is 31.4 Å². The Labute approximate surface area is 120 Å². The molecule has 4 heteroatoms. The third-order valence-corrected chi connectivity index (χ3v) is 4.10. The van der Waals surface area contributed by atoms with Gasteiger partial charge in [-0.15, -0.1) is 0 Å². The Morgan fingerprint density at radius 2 is 2.20 bits per heavy atom. The molecule has 4 nitrogen and oxygen atoms in total. The topological polar surface area (TPSA) is 32.8 Å². The average molecular weight is 274 g/mol. The average Bonchev–Trinajstić information content (AvgIpc) is 2.46. The number of nitrogens with zero attached hydrogens (tertiary/aromatic N) is 2. The molecule has 1 aromatic carbocycles. The molecule has 0 bridgehead atoms. The second-order valence-corrected chi connectivity index (χ2v) is 5.69. The summed E-state index contributed by atoms with van der Waals surface area (Å²) in [5, 5.41) is 0. The Bertz CT molecular complexity index is 489. The molecule has 0 aromatic heterocycles. The molecule has 2 heterocycles. The van der Waals surface area contributed by atoms with Gasteiger partial charge in [0.2, 0.25) is 5.91 Å². The van der Waals surface area contributed by atoms with Crippen molar-refractivity contribution in [2.45, 2.75) is 25.9 Å². The molecule has 1 fully saturated rings. The lowest BCUT2D eigenvalue weighted by molar-refractivity contribution is -0.121. The van der Waals surface area contributed by atoms with Crippen LogP contribution in [0.25, 0.3) is 0 Å². The van der Waals surface area contributed by atoms with Crippen LogP contribution >= 0.6 is 0 Å². The number of hydrogen-bond acceptors (Lipinski definition) is 3. The molecule has 0 spiro atoms. The van der Waals surface area contributed by atoms with Gasteiger partial charge in [0.25, 0.3) is 0 Å². The molecule has 3 rings (SSSR count). The monoisotopic (exact) mass is 274 g/mol. The summed E-state index contributed by atoms with van der Waals surface area (Å²) in [5.74, 6) is 0.214. The molecule has 1 amide bonds. The number of benzene rings is 1. The molecule has 1 aromatic rings. The first-order valence-electron chi connectivity index (χ1n) is 7.46. The lowest BCUT2D eigenvalue weighted by Crippen LogP contribution is -2.48. The molecule has 1 atom stereocenters. The molecule has 2 aliphatic rings. The number of carbonyl (C=O) groups is 1.